The predicted molar refractivity (Wildman–Crippen MR) is 86.1 cm³/mol. The highest BCUT2D eigenvalue weighted by Gasteiger charge is 2.37. The van der Waals surface area contributed by atoms with Crippen molar-refractivity contribution in [3.8, 4) is 0 Å². The number of hydrogen-bond donors (Lipinski definition) is 0. The number of hydrogen-bond acceptors (Lipinski definition) is 3. The van der Waals surface area contributed by atoms with E-state index >= 15 is 0 Å². The summed E-state index contributed by atoms with van der Waals surface area (Å²) in [5.74, 6) is 0.0997. The summed E-state index contributed by atoms with van der Waals surface area (Å²) in [6, 6.07) is 7.24. The standard InChI is InChI=1S/C17H24ClNO2/c1-16(2)11-19(12-17(3,4)21-16)10-9-15(20)13-7-5-6-8-14(13)18/h5-8H,9-12H2,1-4H3. The number of carbonyl (C=O) groups excluding carboxylic acids is 1. The lowest BCUT2D eigenvalue weighted by atomic mass is 9.98. The van der Waals surface area contributed by atoms with Gasteiger partial charge in [-0.2, -0.15) is 0 Å². The molecule has 1 aliphatic heterocycles. The molecule has 0 aromatic heterocycles. The molecule has 0 saturated carbocycles. The van der Waals surface area contributed by atoms with Gasteiger partial charge in [-0.25, -0.2) is 0 Å². The average Bonchev–Trinajstić information content (AvgIpc) is 2.33. The predicted octanol–water partition coefficient (Wildman–Crippen LogP) is 3.80. The maximum absolute atomic E-state index is 12.3. The van der Waals surface area contributed by atoms with Crippen LogP contribution in [0, 0.1) is 0 Å². The number of morpholine rings is 1. The van der Waals surface area contributed by atoms with Crippen LogP contribution in [-0.4, -0.2) is 41.5 Å². The fourth-order valence-electron chi connectivity index (χ4n) is 3.19. The Morgan fingerprint density at radius 2 is 1.76 bits per heavy atom. The molecule has 0 atom stereocenters. The lowest BCUT2D eigenvalue weighted by Gasteiger charge is -2.47. The van der Waals surface area contributed by atoms with Gasteiger partial charge in [0.1, 0.15) is 0 Å². The van der Waals surface area contributed by atoms with Crippen LogP contribution >= 0.6 is 11.6 Å². The van der Waals surface area contributed by atoms with Gasteiger partial charge in [0.15, 0.2) is 5.78 Å². The zero-order chi connectivity index (χ0) is 15.7. The molecule has 1 heterocycles. The highest BCUT2D eigenvalue weighted by molar-refractivity contribution is 6.33. The van der Waals surface area contributed by atoms with Crippen molar-refractivity contribution < 1.29 is 9.53 Å². The van der Waals surface area contributed by atoms with Gasteiger partial charge in [0.2, 0.25) is 0 Å². The molecule has 1 aromatic carbocycles. The molecule has 0 N–H and O–H groups in total. The van der Waals surface area contributed by atoms with E-state index in [4.69, 9.17) is 16.3 Å². The smallest absolute Gasteiger partial charge is 0.165 e. The molecule has 1 fully saturated rings. The van der Waals surface area contributed by atoms with Gasteiger partial charge >= 0.3 is 0 Å². The Labute approximate surface area is 132 Å². The molecule has 116 valence electrons. The minimum Gasteiger partial charge on any atom is -0.367 e. The number of ether oxygens (including phenoxy) is 1. The van der Waals surface area contributed by atoms with Gasteiger partial charge in [-0.3, -0.25) is 9.69 Å². The summed E-state index contributed by atoms with van der Waals surface area (Å²) in [4.78, 5) is 14.6. The van der Waals surface area contributed by atoms with E-state index in [0.717, 1.165) is 19.6 Å². The van der Waals surface area contributed by atoms with Gasteiger partial charge in [-0.05, 0) is 39.8 Å². The Hall–Kier alpha value is -0.900. The van der Waals surface area contributed by atoms with Gasteiger partial charge in [-0.15, -0.1) is 0 Å². The normalized spacial score (nSPS) is 21.2. The van der Waals surface area contributed by atoms with Crippen LogP contribution in [-0.2, 0) is 4.74 Å². The van der Waals surface area contributed by atoms with Gasteiger partial charge in [0, 0.05) is 31.6 Å². The van der Waals surface area contributed by atoms with E-state index in [2.05, 4.69) is 32.6 Å². The van der Waals surface area contributed by atoms with E-state index < -0.39 is 0 Å². The summed E-state index contributed by atoms with van der Waals surface area (Å²) in [7, 11) is 0. The fraction of sp³-hybridized carbons (Fsp3) is 0.588. The van der Waals surface area contributed by atoms with E-state index in [1.807, 2.05) is 12.1 Å². The first kappa shape index (κ1) is 16.5. The molecule has 4 heteroatoms. The number of carbonyl (C=O) groups is 1. The highest BCUT2D eigenvalue weighted by atomic mass is 35.5. The molecule has 21 heavy (non-hydrogen) atoms. The van der Waals surface area contributed by atoms with Crippen molar-refractivity contribution in [1.29, 1.82) is 0 Å². The summed E-state index contributed by atoms with van der Waals surface area (Å²) >= 11 is 6.08. The van der Waals surface area contributed by atoms with E-state index in [1.54, 1.807) is 12.1 Å². The number of nitrogens with zero attached hydrogens (tertiary/aromatic N) is 1. The molecular weight excluding hydrogens is 286 g/mol. The Balaban J connectivity index is 1.97. The first-order valence-corrected chi connectivity index (χ1v) is 7.77. The SMILES string of the molecule is CC1(C)CN(CCC(=O)c2ccccc2Cl)CC(C)(C)O1. The third kappa shape index (κ3) is 4.53. The van der Waals surface area contributed by atoms with Crippen LogP contribution in [0.25, 0.3) is 0 Å². The van der Waals surface area contributed by atoms with Crippen LogP contribution in [0.15, 0.2) is 24.3 Å². The van der Waals surface area contributed by atoms with E-state index in [0.29, 0.717) is 17.0 Å². The largest absolute Gasteiger partial charge is 0.367 e. The molecule has 1 saturated heterocycles. The second-order valence-corrected chi connectivity index (χ2v) is 7.39. The van der Waals surface area contributed by atoms with Crippen LogP contribution in [0.5, 0.6) is 0 Å². The second kappa shape index (κ2) is 6.07. The Kier molecular flexibility index (Phi) is 4.76. The van der Waals surface area contributed by atoms with E-state index in [1.165, 1.54) is 0 Å². The maximum atomic E-state index is 12.3. The zero-order valence-corrected chi connectivity index (χ0v) is 14.0. The van der Waals surface area contributed by atoms with Gasteiger partial charge in [0.25, 0.3) is 0 Å². The molecular formula is C17H24ClNO2. The van der Waals surface area contributed by atoms with Gasteiger partial charge in [-0.1, -0.05) is 23.7 Å². The van der Waals surface area contributed by atoms with Crippen molar-refractivity contribution in [3.63, 3.8) is 0 Å². The Bertz CT molecular complexity index is 509. The lowest BCUT2D eigenvalue weighted by molar-refractivity contribution is -0.180. The summed E-state index contributed by atoms with van der Waals surface area (Å²) < 4.78 is 6.05. The number of benzene rings is 1. The topological polar surface area (TPSA) is 29.5 Å². The average molecular weight is 310 g/mol. The van der Waals surface area contributed by atoms with E-state index in [9.17, 15) is 4.79 Å². The third-order valence-corrected chi connectivity index (χ3v) is 3.92. The molecule has 1 aromatic rings. The van der Waals surface area contributed by atoms with Crippen molar-refractivity contribution in [2.24, 2.45) is 0 Å². The van der Waals surface area contributed by atoms with Crippen LogP contribution in [0.2, 0.25) is 5.02 Å². The third-order valence-electron chi connectivity index (χ3n) is 3.59. The number of Topliss-reactive ketones (excluding diaryl/α,β-unsaturated/α-hetero) is 1. The van der Waals surface area contributed by atoms with Crippen LogP contribution in [0.1, 0.15) is 44.5 Å². The minimum absolute atomic E-state index is 0.0997. The molecule has 0 bridgehead atoms. The molecule has 0 aliphatic carbocycles. The summed E-state index contributed by atoms with van der Waals surface area (Å²) in [6.07, 6.45) is 0.482. The molecule has 1 aliphatic rings. The first-order valence-electron chi connectivity index (χ1n) is 7.39. The quantitative estimate of drug-likeness (QED) is 0.792. The number of ketones is 1. The molecule has 0 unspecified atom stereocenters. The summed E-state index contributed by atoms with van der Waals surface area (Å²) in [5, 5.41) is 0.533. The van der Waals surface area contributed by atoms with E-state index in [-0.39, 0.29) is 17.0 Å². The number of halogens is 1. The van der Waals surface area contributed by atoms with Gasteiger partial charge in [0.05, 0.1) is 16.2 Å². The van der Waals surface area contributed by atoms with Crippen LogP contribution in [0.3, 0.4) is 0 Å². The lowest BCUT2D eigenvalue weighted by Crippen LogP contribution is -2.57. The Morgan fingerprint density at radius 3 is 2.33 bits per heavy atom. The first-order chi connectivity index (χ1) is 9.69. The van der Waals surface area contributed by atoms with Crippen molar-refractivity contribution in [1.82, 2.24) is 4.90 Å². The number of rotatable bonds is 4. The minimum atomic E-state index is -0.185. The fourth-order valence-corrected chi connectivity index (χ4v) is 3.43. The zero-order valence-electron chi connectivity index (χ0n) is 13.3. The maximum Gasteiger partial charge on any atom is 0.165 e. The summed E-state index contributed by atoms with van der Waals surface area (Å²) in [5.41, 5.74) is 0.246. The van der Waals surface area contributed by atoms with Crippen LogP contribution < -0.4 is 0 Å². The molecule has 3 nitrogen and oxygen atoms in total. The summed E-state index contributed by atoms with van der Waals surface area (Å²) in [6.45, 7) is 10.8. The van der Waals surface area contributed by atoms with Crippen LogP contribution in [0.4, 0.5) is 0 Å². The van der Waals surface area contributed by atoms with Gasteiger partial charge < -0.3 is 4.74 Å². The Morgan fingerprint density at radius 1 is 1.19 bits per heavy atom. The van der Waals surface area contributed by atoms with Crippen molar-refractivity contribution in [3.05, 3.63) is 34.9 Å². The highest BCUT2D eigenvalue weighted by Crippen LogP contribution is 2.28. The van der Waals surface area contributed by atoms with Crippen molar-refractivity contribution in [2.45, 2.75) is 45.3 Å². The van der Waals surface area contributed by atoms with Crippen molar-refractivity contribution >= 4 is 17.4 Å². The van der Waals surface area contributed by atoms with Crippen molar-refractivity contribution in [2.75, 3.05) is 19.6 Å². The molecule has 0 spiro atoms. The molecule has 0 radical (unpaired) electrons. The monoisotopic (exact) mass is 309 g/mol. The molecule has 2 rings (SSSR count). The molecule has 0 amide bonds. The second-order valence-electron chi connectivity index (χ2n) is 6.99.